The standard InChI is InChI=1S/C20H22F2N2OS.H2/c1-12(2)8-13(3)14-9-16-17(11-26-19(16)23-10-14)18(25)24-15-4-6-20(21,22)7-5-15;/h8-11,15H,3-7H2,1-2H3,(H,24,25);1H. The number of pyridine rings is 1. The SMILES string of the molecule is C=C(C=C(C)C)c1cnc2scc(C(=O)NC3CCC(F)(F)CC3)c2c1.[HH]. The summed E-state index contributed by atoms with van der Waals surface area (Å²) in [5.74, 6) is -2.82. The van der Waals surface area contributed by atoms with Crippen molar-refractivity contribution in [3.63, 3.8) is 0 Å². The zero-order valence-corrected chi connectivity index (χ0v) is 15.8. The van der Waals surface area contributed by atoms with E-state index < -0.39 is 5.92 Å². The van der Waals surface area contributed by atoms with Crippen molar-refractivity contribution in [2.75, 3.05) is 0 Å². The van der Waals surface area contributed by atoms with Gasteiger partial charge in [-0.3, -0.25) is 4.79 Å². The van der Waals surface area contributed by atoms with Gasteiger partial charge in [-0.25, -0.2) is 13.8 Å². The van der Waals surface area contributed by atoms with Crippen molar-refractivity contribution in [1.82, 2.24) is 10.3 Å². The maximum Gasteiger partial charge on any atom is 0.253 e. The molecule has 1 saturated carbocycles. The van der Waals surface area contributed by atoms with Crippen molar-refractivity contribution >= 4 is 33.0 Å². The molecule has 1 aliphatic carbocycles. The molecule has 140 valence electrons. The van der Waals surface area contributed by atoms with Crippen LogP contribution in [0, 0.1) is 0 Å². The van der Waals surface area contributed by atoms with Gasteiger partial charge < -0.3 is 5.32 Å². The third-order valence-corrected chi connectivity index (χ3v) is 5.46. The van der Waals surface area contributed by atoms with Crippen molar-refractivity contribution in [3.05, 3.63) is 47.0 Å². The quantitative estimate of drug-likeness (QED) is 0.680. The molecule has 0 atom stereocenters. The van der Waals surface area contributed by atoms with E-state index in [1.54, 1.807) is 11.6 Å². The van der Waals surface area contributed by atoms with Gasteiger partial charge in [0.2, 0.25) is 5.92 Å². The minimum atomic E-state index is -2.60. The summed E-state index contributed by atoms with van der Waals surface area (Å²) in [5, 5.41) is 5.45. The van der Waals surface area contributed by atoms with Gasteiger partial charge in [0, 0.05) is 42.8 Å². The lowest BCUT2D eigenvalue weighted by atomic mass is 9.92. The number of carbonyl (C=O) groups is 1. The van der Waals surface area contributed by atoms with Crippen LogP contribution in [0.2, 0.25) is 0 Å². The van der Waals surface area contributed by atoms with E-state index in [-0.39, 0.29) is 26.2 Å². The first-order valence-corrected chi connectivity index (χ1v) is 9.53. The van der Waals surface area contributed by atoms with Crippen LogP contribution < -0.4 is 5.32 Å². The van der Waals surface area contributed by atoms with Crippen LogP contribution in [-0.4, -0.2) is 22.9 Å². The third kappa shape index (κ3) is 4.18. The fourth-order valence-corrected chi connectivity index (χ4v) is 4.02. The third-order valence-electron chi connectivity index (χ3n) is 4.56. The highest BCUT2D eigenvalue weighted by Gasteiger charge is 2.35. The number of nitrogens with zero attached hydrogens (tertiary/aromatic N) is 1. The van der Waals surface area contributed by atoms with E-state index in [9.17, 15) is 13.6 Å². The highest BCUT2D eigenvalue weighted by atomic mass is 32.1. The predicted octanol–water partition coefficient (Wildman–Crippen LogP) is 5.83. The van der Waals surface area contributed by atoms with Gasteiger partial charge in [-0.05, 0) is 38.3 Å². The molecule has 0 bridgehead atoms. The Kier molecular flexibility index (Phi) is 5.23. The van der Waals surface area contributed by atoms with Crippen LogP contribution in [0.1, 0.15) is 56.9 Å². The molecule has 1 aliphatic rings. The summed E-state index contributed by atoms with van der Waals surface area (Å²) in [6.45, 7) is 8.04. The Morgan fingerprint density at radius 2 is 2.12 bits per heavy atom. The molecule has 1 amide bonds. The minimum absolute atomic E-state index is 0. The second kappa shape index (κ2) is 7.27. The number of thiophene rings is 1. The first kappa shape index (κ1) is 18.7. The Morgan fingerprint density at radius 3 is 2.77 bits per heavy atom. The summed E-state index contributed by atoms with van der Waals surface area (Å²) in [5.41, 5.74) is 3.38. The van der Waals surface area contributed by atoms with E-state index in [1.165, 1.54) is 11.3 Å². The predicted molar refractivity (Wildman–Crippen MR) is 105 cm³/mol. The molecule has 2 aromatic heterocycles. The fraction of sp³-hybridized carbons (Fsp3) is 0.400. The average Bonchev–Trinajstić information content (AvgIpc) is 2.99. The smallest absolute Gasteiger partial charge is 0.253 e. The molecule has 0 aliphatic heterocycles. The van der Waals surface area contributed by atoms with Crippen LogP contribution in [0.3, 0.4) is 0 Å². The molecule has 0 radical (unpaired) electrons. The van der Waals surface area contributed by atoms with Crippen LogP contribution in [0.25, 0.3) is 15.8 Å². The number of rotatable bonds is 4. The molecule has 26 heavy (non-hydrogen) atoms. The molecular formula is C20H24F2N2OS. The number of carbonyl (C=O) groups excluding carboxylic acids is 1. The summed E-state index contributed by atoms with van der Waals surface area (Å²) in [6.07, 6.45) is 4.00. The summed E-state index contributed by atoms with van der Waals surface area (Å²) < 4.78 is 26.6. The monoisotopic (exact) mass is 378 g/mol. The van der Waals surface area contributed by atoms with E-state index in [1.807, 2.05) is 26.0 Å². The number of nitrogens with one attached hydrogen (secondary N) is 1. The molecule has 3 rings (SSSR count). The van der Waals surface area contributed by atoms with E-state index in [2.05, 4.69) is 16.9 Å². The lowest BCUT2D eigenvalue weighted by Gasteiger charge is -2.28. The maximum atomic E-state index is 13.3. The molecule has 0 spiro atoms. The molecule has 0 unspecified atom stereocenters. The normalized spacial score (nSPS) is 17.1. The first-order valence-electron chi connectivity index (χ1n) is 8.65. The van der Waals surface area contributed by atoms with Crippen LogP contribution in [-0.2, 0) is 0 Å². The number of hydrogen-bond donors (Lipinski definition) is 1. The van der Waals surface area contributed by atoms with E-state index in [0.29, 0.717) is 18.4 Å². The molecule has 1 fully saturated rings. The Labute approximate surface area is 157 Å². The number of amides is 1. The van der Waals surface area contributed by atoms with Gasteiger partial charge in [-0.2, -0.15) is 0 Å². The molecule has 0 aromatic carbocycles. The Morgan fingerprint density at radius 1 is 1.42 bits per heavy atom. The van der Waals surface area contributed by atoms with Crippen molar-refractivity contribution < 1.29 is 15.0 Å². The molecule has 2 aromatic rings. The van der Waals surface area contributed by atoms with Crippen LogP contribution in [0.5, 0.6) is 0 Å². The van der Waals surface area contributed by atoms with Crippen molar-refractivity contribution in [2.45, 2.75) is 51.5 Å². The molecule has 1 N–H and O–H groups in total. The topological polar surface area (TPSA) is 42.0 Å². The van der Waals surface area contributed by atoms with Gasteiger partial charge in [0.05, 0.1) is 5.56 Å². The first-order chi connectivity index (χ1) is 12.2. The Balaban J connectivity index is 0.00000261. The van der Waals surface area contributed by atoms with Gasteiger partial charge in [-0.15, -0.1) is 11.3 Å². The van der Waals surface area contributed by atoms with E-state index >= 15 is 0 Å². The van der Waals surface area contributed by atoms with Gasteiger partial charge in [0.15, 0.2) is 0 Å². The lowest BCUT2D eigenvalue weighted by Crippen LogP contribution is -2.40. The number of halogens is 2. The van der Waals surface area contributed by atoms with Crippen molar-refractivity contribution in [3.8, 4) is 0 Å². The molecule has 2 heterocycles. The minimum Gasteiger partial charge on any atom is -0.349 e. The maximum absolute atomic E-state index is 13.3. The molecule has 0 saturated heterocycles. The van der Waals surface area contributed by atoms with Gasteiger partial charge in [-0.1, -0.05) is 18.2 Å². The molecule has 3 nitrogen and oxygen atoms in total. The molecule has 6 heteroatoms. The number of allylic oxidation sites excluding steroid dienone is 3. The highest BCUT2D eigenvalue weighted by Crippen LogP contribution is 2.33. The number of hydrogen-bond acceptors (Lipinski definition) is 3. The van der Waals surface area contributed by atoms with Crippen molar-refractivity contribution in [2.24, 2.45) is 0 Å². The van der Waals surface area contributed by atoms with Crippen molar-refractivity contribution in [1.29, 1.82) is 0 Å². The second-order valence-corrected chi connectivity index (χ2v) is 7.93. The van der Waals surface area contributed by atoms with Gasteiger partial charge in [0.1, 0.15) is 4.83 Å². The second-order valence-electron chi connectivity index (χ2n) is 7.08. The average molecular weight is 378 g/mol. The number of alkyl halides is 2. The Hall–Kier alpha value is -2.08. The largest absolute Gasteiger partial charge is 0.349 e. The highest BCUT2D eigenvalue weighted by molar-refractivity contribution is 7.17. The Bertz CT molecular complexity index is 877. The summed E-state index contributed by atoms with van der Waals surface area (Å²) in [4.78, 5) is 17.9. The summed E-state index contributed by atoms with van der Waals surface area (Å²) in [7, 11) is 0. The molecular weight excluding hydrogens is 354 g/mol. The van der Waals surface area contributed by atoms with Crippen LogP contribution >= 0.6 is 11.3 Å². The lowest BCUT2D eigenvalue weighted by molar-refractivity contribution is -0.0399. The van der Waals surface area contributed by atoms with E-state index in [4.69, 9.17) is 0 Å². The zero-order valence-electron chi connectivity index (χ0n) is 14.9. The van der Waals surface area contributed by atoms with Gasteiger partial charge >= 0.3 is 0 Å². The fourth-order valence-electron chi connectivity index (χ4n) is 3.15. The van der Waals surface area contributed by atoms with Crippen LogP contribution in [0.15, 0.2) is 35.9 Å². The summed E-state index contributed by atoms with van der Waals surface area (Å²) >= 11 is 1.40. The number of fused-ring (bicyclic) bond motifs is 1. The summed E-state index contributed by atoms with van der Waals surface area (Å²) in [6, 6.07) is 1.72. The number of aromatic nitrogens is 1. The van der Waals surface area contributed by atoms with Gasteiger partial charge in [0.25, 0.3) is 5.91 Å². The van der Waals surface area contributed by atoms with Crippen LogP contribution in [0.4, 0.5) is 8.78 Å². The van der Waals surface area contributed by atoms with E-state index in [0.717, 1.165) is 26.9 Å². The zero-order chi connectivity index (χ0) is 18.9.